The number of thioether (sulfide) groups is 1. The lowest BCUT2D eigenvalue weighted by Crippen LogP contribution is -2.41. The van der Waals surface area contributed by atoms with E-state index in [4.69, 9.17) is 16.3 Å². The Hall–Kier alpha value is -1.72. The zero-order valence-electron chi connectivity index (χ0n) is 14.7. The zero-order valence-corrected chi connectivity index (χ0v) is 16.3. The van der Waals surface area contributed by atoms with Gasteiger partial charge in [0.25, 0.3) is 5.91 Å². The van der Waals surface area contributed by atoms with Crippen molar-refractivity contribution in [2.45, 2.75) is 24.7 Å². The summed E-state index contributed by atoms with van der Waals surface area (Å²) in [6, 6.07) is 11.6. The molecule has 2 aromatic carbocycles. The van der Waals surface area contributed by atoms with E-state index in [2.05, 4.69) is 6.92 Å². The van der Waals surface area contributed by atoms with E-state index in [0.29, 0.717) is 10.9 Å². The molecule has 3 rings (SSSR count). The number of fused-ring (bicyclic) bond motifs is 1. The molecule has 2 aromatic rings. The summed E-state index contributed by atoms with van der Waals surface area (Å²) in [4.78, 5) is 26.9. The largest absolute Gasteiger partial charge is 0.455 e. The Labute approximate surface area is 162 Å². The van der Waals surface area contributed by atoms with Crippen LogP contribution in [0.15, 0.2) is 41.3 Å². The first-order chi connectivity index (χ1) is 12.5. The SMILES string of the molecule is C[C@H]1CCCN(C(=O)COC(=O)CSc2cccc3cccc(Cl)c23)C1. The molecular formula is C20H22ClNO3S. The summed E-state index contributed by atoms with van der Waals surface area (Å²) in [5.74, 6) is 0.157. The molecule has 26 heavy (non-hydrogen) atoms. The van der Waals surface area contributed by atoms with E-state index in [1.54, 1.807) is 4.90 Å². The quantitative estimate of drug-likeness (QED) is 0.560. The van der Waals surface area contributed by atoms with Crippen molar-refractivity contribution in [3.8, 4) is 0 Å². The fraction of sp³-hybridized carbons (Fsp3) is 0.400. The number of hydrogen-bond donors (Lipinski definition) is 0. The Kier molecular flexibility index (Phi) is 6.43. The number of benzene rings is 2. The Morgan fingerprint density at radius 3 is 2.81 bits per heavy atom. The number of halogens is 1. The van der Waals surface area contributed by atoms with Crippen molar-refractivity contribution in [2.24, 2.45) is 5.92 Å². The fourth-order valence-electron chi connectivity index (χ4n) is 3.21. The molecule has 1 heterocycles. The van der Waals surface area contributed by atoms with Crippen LogP contribution < -0.4 is 0 Å². The van der Waals surface area contributed by atoms with Gasteiger partial charge in [0.15, 0.2) is 6.61 Å². The molecule has 0 spiro atoms. The lowest BCUT2D eigenvalue weighted by atomic mass is 10.0. The molecule has 0 bridgehead atoms. The molecule has 0 unspecified atom stereocenters. The summed E-state index contributed by atoms with van der Waals surface area (Å²) in [6.45, 7) is 3.46. The van der Waals surface area contributed by atoms with Crippen molar-refractivity contribution < 1.29 is 14.3 Å². The Morgan fingerprint density at radius 2 is 2.04 bits per heavy atom. The number of likely N-dealkylation sites (tertiary alicyclic amines) is 1. The number of amides is 1. The van der Waals surface area contributed by atoms with Crippen LogP contribution in [0.3, 0.4) is 0 Å². The standard InChI is InChI=1S/C20H22ClNO3S/c1-14-5-4-10-22(11-14)18(23)12-25-19(24)13-26-17-9-3-7-15-6-2-8-16(21)20(15)17/h2-3,6-9,14H,4-5,10-13H2,1H3/t14-/m0/s1. The van der Waals surface area contributed by atoms with Gasteiger partial charge in [-0.15, -0.1) is 11.8 Å². The van der Waals surface area contributed by atoms with Gasteiger partial charge in [0.2, 0.25) is 0 Å². The van der Waals surface area contributed by atoms with Gasteiger partial charge in [-0.3, -0.25) is 9.59 Å². The maximum atomic E-state index is 12.2. The van der Waals surface area contributed by atoms with Crippen LogP contribution in [0.4, 0.5) is 0 Å². The second-order valence-electron chi connectivity index (χ2n) is 6.63. The minimum absolute atomic E-state index is 0.108. The van der Waals surface area contributed by atoms with Crippen LogP contribution in [0.5, 0.6) is 0 Å². The lowest BCUT2D eigenvalue weighted by Gasteiger charge is -2.30. The summed E-state index contributed by atoms with van der Waals surface area (Å²) in [5.41, 5.74) is 0. The monoisotopic (exact) mass is 391 g/mol. The van der Waals surface area contributed by atoms with Crippen molar-refractivity contribution in [2.75, 3.05) is 25.4 Å². The van der Waals surface area contributed by atoms with Crippen molar-refractivity contribution >= 4 is 46.0 Å². The molecule has 1 atom stereocenters. The first-order valence-corrected chi connectivity index (χ1v) is 10.1. The van der Waals surface area contributed by atoms with Gasteiger partial charge in [0, 0.05) is 28.4 Å². The number of ether oxygens (including phenoxy) is 1. The van der Waals surface area contributed by atoms with Crippen molar-refractivity contribution in [1.29, 1.82) is 0 Å². The molecule has 1 amide bonds. The van der Waals surface area contributed by atoms with Crippen LogP contribution in [0.1, 0.15) is 19.8 Å². The molecule has 0 aliphatic carbocycles. The lowest BCUT2D eigenvalue weighted by molar-refractivity contribution is -0.150. The highest BCUT2D eigenvalue weighted by molar-refractivity contribution is 8.00. The van der Waals surface area contributed by atoms with Gasteiger partial charge in [-0.05, 0) is 36.3 Å². The van der Waals surface area contributed by atoms with Gasteiger partial charge in [0.05, 0.1) is 5.75 Å². The van der Waals surface area contributed by atoms with Crippen LogP contribution in [0, 0.1) is 5.92 Å². The molecule has 1 fully saturated rings. The van der Waals surface area contributed by atoms with Crippen molar-refractivity contribution in [3.05, 3.63) is 41.4 Å². The second-order valence-corrected chi connectivity index (χ2v) is 8.05. The molecule has 4 nitrogen and oxygen atoms in total. The highest BCUT2D eigenvalue weighted by Crippen LogP contribution is 2.33. The Bertz CT molecular complexity index is 805. The molecule has 1 aliphatic rings. The third kappa shape index (κ3) is 4.71. The molecule has 0 saturated carbocycles. The highest BCUT2D eigenvalue weighted by atomic mass is 35.5. The maximum Gasteiger partial charge on any atom is 0.316 e. The molecule has 0 radical (unpaired) electrons. The number of carbonyl (C=O) groups is 2. The van der Waals surface area contributed by atoms with Crippen LogP contribution in [-0.2, 0) is 14.3 Å². The number of rotatable bonds is 5. The van der Waals surface area contributed by atoms with E-state index in [-0.39, 0.29) is 18.3 Å². The summed E-state index contributed by atoms with van der Waals surface area (Å²) < 4.78 is 5.17. The van der Waals surface area contributed by atoms with Gasteiger partial charge < -0.3 is 9.64 Å². The number of esters is 1. The van der Waals surface area contributed by atoms with E-state index in [1.165, 1.54) is 11.8 Å². The van der Waals surface area contributed by atoms with Crippen LogP contribution in [0.2, 0.25) is 5.02 Å². The van der Waals surface area contributed by atoms with Crippen LogP contribution in [0.25, 0.3) is 10.8 Å². The number of hydrogen-bond acceptors (Lipinski definition) is 4. The third-order valence-electron chi connectivity index (χ3n) is 4.53. The number of nitrogens with zero attached hydrogens (tertiary/aromatic N) is 1. The fourth-order valence-corrected chi connectivity index (χ4v) is 4.45. The minimum atomic E-state index is -0.391. The number of carbonyl (C=O) groups excluding carboxylic acids is 2. The van der Waals surface area contributed by atoms with E-state index in [0.717, 1.165) is 41.6 Å². The average molecular weight is 392 g/mol. The van der Waals surface area contributed by atoms with Gasteiger partial charge in [0.1, 0.15) is 0 Å². The average Bonchev–Trinajstić information content (AvgIpc) is 2.64. The molecule has 0 aromatic heterocycles. The van der Waals surface area contributed by atoms with Crippen LogP contribution >= 0.6 is 23.4 Å². The predicted octanol–water partition coefficient (Wildman–Crippen LogP) is 4.39. The van der Waals surface area contributed by atoms with E-state index in [1.807, 2.05) is 36.4 Å². The summed E-state index contributed by atoms with van der Waals surface area (Å²) >= 11 is 7.67. The predicted molar refractivity (Wildman–Crippen MR) is 106 cm³/mol. The van der Waals surface area contributed by atoms with E-state index < -0.39 is 5.97 Å². The van der Waals surface area contributed by atoms with E-state index >= 15 is 0 Å². The number of piperidine rings is 1. The summed E-state index contributed by atoms with van der Waals surface area (Å²) in [7, 11) is 0. The van der Waals surface area contributed by atoms with Crippen molar-refractivity contribution in [1.82, 2.24) is 4.90 Å². The Balaban J connectivity index is 1.52. The summed E-state index contributed by atoms with van der Waals surface area (Å²) in [6.07, 6.45) is 2.16. The molecule has 0 N–H and O–H groups in total. The van der Waals surface area contributed by atoms with Gasteiger partial charge in [-0.25, -0.2) is 0 Å². The molecule has 6 heteroatoms. The highest BCUT2D eigenvalue weighted by Gasteiger charge is 2.21. The zero-order chi connectivity index (χ0) is 18.5. The maximum absolute atomic E-state index is 12.2. The van der Waals surface area contributed by atoms with Gasteiger partial charge >= 0.3 is 5.97 Å². The molecule has 1 aliphatic heterocycles. The topological polar surface area (TPSA) is 46.6 Å². The summed E-state index contributed by atoms with van der Waals surface area (Å²) in [5, 5.41) is 2.63. The van der Waals surface area contributed by atoms with Gasteiger partial charge in [-0.2, -0.15) is 0 Å². The molecular weight excluding hydrogens is 370 g/mol. The van der Waals surface area contributed by atoms with Crippen LogP contribution in [-0.4, -0.2) is 42.2 Å². The molecule has 1 saturated heterocycles. The Morgan fingerprint density at radius 1 is 1.27 bits per heavy atom. The minimum Gasteiger partial charge on any atom is -0.455 e. The third-order valence-corrected chi connectivity index (χ3v) is 5.87. The second kappa shape index (κ2) is 8.78. The van der Waals surface area contributed by atoms with Gasteiger partial charge in [-0.1, -0.05) is 42.8 Å². The van der Waals surface area contributed by atoms with Crippen molar-refractivity contribution in [3.63, 3.8) is 0 Å². The molecule has 138 valence electrons. The van der Waals surface area contributed by atoms with E-state index in [9.17, 15) is 9.59 Å². The first kappa shape index (κ1) is 19.1. The first-order valence-electron chi connectivity index (χ1n) is 8.78. The smallest absolute Gasteiger partial charge is 0.316 e. The normalized spacial score (nSPS) is 17.3.